The van der Waals surface area contributed by atoms with Crippen molar-refractivity contribution in [2.75, 3.05) is 20.1 Å². The molecule has 1 saturated carbocycles. The molecule has 0 spiro atoms. The lowest BCUT2D eigenvalue weighted by molar-refractivity contribution is -0.134. The van der Waals surface area contributed by atoms with Crippen LogP contribution in [0, 0.1) is 11.8 Å². The first-order valence-corrected chi connectivity index (χ1v) is 8.34. The molecular formula is C17H26N2O2. The fourth-order valence-electron chi connectivity index (χ4n) is 4.11. The van der Waals surface area contributed by atoms with Gasteiger partial charge in [0.2, 0.25) is 11.8 Å². The van der Waals surface area contributed by atoms with Crippen molar-refractivity contribution in [1.29, 1.82) is 0 Å². The second-order valence-corrected chi connectivity index (χ2v) is 6.91. The van der Waals surface area contributed by atoms with E-state index < -0.39 is 0 Å². The van der Waals surface area contributed by atoms with Gasteiger partial charge in [0, 0.05) is 44.4 Å². The number of carbonyl (C=O) groups is 2. The molecule has 1 atom stereocenters. The molecule has 0 radical (unpaired) electrons. The molecule has 0 bridgehead atoms. The normalized spacial score (nSPS) is 27.0. The van der Waals surface area contributed by atoms with Crippen molar-refractivity contribution in [2.45, 2.75) is 51.0 Å². The summed E-state index contributed by atoms with van der Waals surface area (Å²) in [6, 6.07) is 0.475. The van der Waals surface area contributed by atoms with E-state index in [0.29, 0.717) is 24.3 Å². The summed E-state index contributed by atoms with van der Waals surface area (Å²) in [6.07, 6.45) is 11.4. The lowest BCUT2D eigenvalue weighted by Crippen LogP contribution is -2.38. The van der Waals surface area contributed by atoms with E-state index >= 15 is 0 Å². The number of likely N-dealkylation sites (tertiary alicyclic amines) is 1. The number of allylic oxidation sites excluding steroid dienone is 2. The topological polar surface area (TPSA) is 40.6 Å². The van der Waals surface area contributed by atoms with E-state index in [1.54, 1.807) is 0 Å². The van der Waals surface area contributed by atoms with Gasteiger partial charge in [0.05, 0.1) is 0 Å². The molecule has 2 aliphatic carbocycles. The summed E-state index contributed by atoms with van der Waals surface area (Å²) >= 11 is 0. The van der Waals surface area contributed by atoms with E-state index in [-0.39, 0.29) is 11.8 Å². The highest BCUT2D eigenvalue weighted by Gasteiger charge is 2.36. The summed E-state index contributed by atoms with van der Waals surface area (Å²) in [6.45, 7) is 1.58. The van der Waals surface area contributed by atoms with Crippen LogP contribution in [0.4, 0.5) is 0 Å². The first-order valence-electron chi connectivity index (χ1n) is 8.34. The molecule has 21 heavy (non-hydrogen) atoms. The molecule has 4 nitrogen and oxygen atoms in total. The Bertz CT molecular complexity index is 432. The van der Waals surface area contributed by atoms with Crippen LogP contribution in [-0.2, 0) is 9.59 Å². The van der Waals surface area contributed by atoms with Crippen molar-refractivity contribution >= 4 is 11.8 Å². The van der Waals surface area contributed by atoms with Crippen LogP contribution in [-0.4, -0.2) is 47.8 Å². The number of amides is 2. The number of hydrogen-bond donors (Lipinski definition) is 0. The van der Waals surface area contributed by atoms with Crippen LogP contribution in [0.3, 0.4) is 0 Å². The molecule has 2 amide bonds. The monoisotopic (exact) mass is 290 g/mol. The Kier molecular flexibility index (Phi) is 4.32. The second kappa shape index (κ2) is 6.20. The number of hydrogen-bond acceptors (Lipinski definition) is 2. The van der Waals surface area contributed by atoms with E-state index in [1.807, 2.05) is 11.9 Å². The first-order chi connectivity index (χ1) is 10.1. The molecule has 0 N–H and O–H groups in total. The lowest BCUT2D eigenvalue weighted by atomic mass is 10.0. The third-order valence-corrected chi connectivity index (χ3v) is 5.27. The molecule has 2 fully saturated rings. The van der Waals surface area contributed by atoms with Crippen LogP contribution in [0.25, 0.3) is 0 Å². The molecule has 3 aliphatic rings. The number of nitrogens with zero attached hydrogens (tertiary/aromatic N) is 2. The maximum Gasteiger partial charge on any atom is 0.226 e. The second-order valence-electron chi connectivity index (χ2n) is 6.91. The van der Waals surface area contributed by atoms with Crippen LogP contribution < -0.4 is 0 Å². The third kappa shape index (κ3) is 3.14. The predicted molar refractivity (Wildman–Crippen MR) is 81.6 cm³/mol. The smallest absolute Gasteiger partial charge is 0.226 e. The molecular weight excluding hydrogens is 264 g/mol. The summed E-state index contributed by atoms with van der Waals surface area (Å²) in [7, 11) is 1.89. The van der Waals surface area contributed by atoms with Crippen LogP contribution in [0.5, 0.6) is 0 Å². The van der Waals surface area contributed by atoms with Gasteiger partial charge in [-0.1, -0.05) is 25.0 Å². The molecule has 4 heteroatoms. The highest BCUT2D eigenvalue weighted by atomic mass is 16.2. The molecule has 0 aromatic rings. The molecule has 116 valence electrons. The molecule has 0 aromatic carbocycles. The predicted octanol–water partition coefficient (Wildman–Crippen LogP) is 2.20. The van der Waals surface area contributed by atoms with Gasteiger partial charge in [-0.2, -0.15) is 0 Å². The largest absolute Gasteiger partial charge is 0.345 e. The summed E-state index contributed by atoms with van der Waals surface area (Å²) in [5, 5.41) is 0. The number of rotatable bonds is 4. The van der Waals surface area contributed by atoms with E-state index in [9.17, 15) is 9.59 Å². The van der Waals surface area contributed by atoms with Crippen molar-refractivity contribution in [1.82, 2.24) is 9.80 Å². The van der Waals surface area contributed by atoms with E-state index in [0.717, 1.165) is 25.9 Å². The Balaban J connectivity index is 1.51. The van der Waals surface area contributed by atoms with Gasteiger partial charge in [-0.3, -0.25) is 9.59 Å². The van der Waals surface area contributed by atoms with E-state index in [1.165, 1.54) is 25.7 Å². The van der Waals surface area contributed by atoms with Gasteiger partial charge in [-0.25, -0.2) is 0 Å². The van der Waals surface area contributed by atoms with Gasteiger partial charge in [-0.15, -0.1) is 0 Å². The van der Waals surface area contributed by atoms with Gasteiger partial charge in [0.15, 0.2) is 0 Å². The summed E-state index contributed by atoms with van der Waals surface area (Å²) < 4.78 is 0. The minimum Gasteiger partial charge on any atom is -0.345 e. The van der Waals surface area contributed by atoms with Gasteiger partial charge in [0.25, 0.3) is 0 Å². The summed E-state index contributed by atoms with van der Waals surface area (Å²) in [4.78, 5) is 28.5. The standard InChI is InChI=1S/C17H26N2O2/c1-18(17(21)14-6-2-3-7-14)11-13-10-16(20)19(12-13)15-8-4-5-9-15/h2-3,13-15H,4-12H2,1H3. The Morgan fingerprint density at radius 2 is 1.95 bits per heavy atom. The van der Waals surface area contributed by atoms with Gasteiger partial charge in [-0.05, 0) is 25.7 Å². The maximum absolute atomic E-state index is 12.3. The van der Waals surface area contributed by atoms with Crippen molar-refractivity contribution in [2.24, 2.45) is 11.8 Å². The highest BCUT2D eigenvalue weighted by molar-refractivity contribution is 5.81. The first kappa shape index (κ1) is 14.6. The van der Waals surface area contributed by atoms with Crippen molar-refractivity contribution in [3.63, 3.8) is 0 Å². The average Bonchev–Trinajstić information content (AvgIpc) is 3.19. The molecule has 1 aliphatic heterocycles. The third-order valence-electron chi connectivity index (χ3n) is 5.27. The zero-order valence-electron chi connectivity index (χ0n) is 13.0. The van der Waals surface area contributed by atoms with Crippen molar-refractivity contribution < 1.29 is 9.59 Å². The minimum atomic E-state index is 0.137. The zero-order valence-corrected chi connectivity index (χ0v) is 13.0. The Hall–Kier alpha value is -1.32. The molecule has 1 saturated heterocycles. The van der Waals surface area contributed by atoms with Crippen LogP contribution >= 0.6 is 0 Å². The minimum absolute atomic E-state index is 0.137. The summed E-state index contributed by atoms with van der Waals surface area (Å²) in [5.74, 6) is 1.00. The molecule has 1 unspecified atom stereocenters. The maximum atomic E-state index is 12.3. The Morgan fingerprint density at radius 1 is 1.29 bits per heavy atom. The fourth-order valence-corrected chi connectivity index (χ4v) is 4.11. The fraction of sp³-hybridized carbons (Fsp3) is 0.765. The molecule has 0 aromatic heterocycles. The Labute approximate surface area is 127 Å². The highest BCUT2D eigenvalue weighted by Crippen LogP contribution is 2.30. The summed E-state index contributed by atoms with van der Waals surface area (Å²) in [5.41, 5.74) is 0. The van der Waals surface area contributed by atoms with Crippen LogP contribution in [0.2, 0.25) is 0 Å². The SMILES string of the molecule is CN(CC1CC(=O)N(C2CCCC2)C1)C(=O)C1CC=CC1. The molecule has 3 rings (SSSR count). The van der Waals surface area contributed by atoms with Crippen molar-refractivity contribution in [3.8, 4) is 0 Å². The average molecular weight is 290 g/mol. The van der Waals surface area contributed by atoms with Gasteiger partial charge in [0.1, 0.15) is 0 Å². The molecule has 1 heterocycles. The zero-order chi connectivity index (χ0) is 14.8. The van der Waals surface area contributed by atoms with E-state index in [4.69, 9.17) is 0 Å². The van der Waals surface area contributed by atoms with Crippen LogP contribution in [0.1, 0.15) is 44.9 Å². The van der Waals surface area contributed by atoms with Crippen molar-refractivity contribution in [3.05, 3.63) is 12.2 Å². The number of carbonyl (C=O) groups excluding carboxylic acids is 2. The van der Waals surface area contributed by atoms with E-state index in [2.05, 4.69) is 17.1 Å². The van der Waals surface area contributed by atoms with Crippen LogP contribution in [0.15, 0.2) is 12.2 Å². The Morgan fingerprint density at radius 3 is 2.62 bits per heavy atom. The van der Waals surface area contributed by atoms with Gasteiger partial charge < -0.3 is 9.80 Å². The quantitative estimate of drug-likeness (QED) is 0.745. The lowest BCUT2D eigenvalue weighted by Gasteiger charge is -2.26. The van der Waals surface area contributed by atoms with Gasteiger partial charge >= 0.3 is 0 Å².